The second-order valence-corrected chi connectivity index (χ2v) is 10.6. The molecular formula is C19H21BrN2O3S2. The SMILES string of the molecule is CCC(=O)N1CCc2cc(Br)cc(S(=O)(=O)N3CCC[C@@H]3c3cccs3)c21. The van der Waals surface area contributed by atoms with E-state index >= 15 is 0 Å². The molecule has 1 fully saturated rings. The molecule has 0 N–H and O–H groups in total. The van der Waals surface area contributed by atoms with E-state index in [4.69, 9.17) is 0 Å². The summed E-state index contributed by atoms with van der Waals surface area (Å²) in [6.45, 7) is 2.85. The van der Waals surface area contributed by atoms with Crippen molar-refractivity contribution >= 4 is 48.9 Å². The van der Waals surface area contributed by atoms with Crippen LogP contribution in [0.3, 0.4) is 0 Å². The van der Waals surface area contributed by atoms with Crippen LogP contribution in [-0.4, -0.2) is 31.7 Å². The highest BCUT2D eigenvalue weighted by molar-refractivity contribution is 9.10. The Balaban J connectivity index is 1.82. The highest BCUT2D eigenvalue weighted by Gasteiger charge is 2.40. The Bertz CT molecular complexity index is 973. The van der Waals surface area contributed by atoms with Gasteiger partial charge < -0.3 is 4.90 Å². The van der Waals surface area contributed by atoms with E-state index < -0.39 is 10.0 Å². The molecule has 0 saturated carbocycles. The zero-order chi connectivity index (χ0) is 19.2. The van der Waals surface area contributed by atoms with Crippen molar-refractivity contribution < 1.29 is 13.2 Å². The Hall–Kier alpha value is -1.22. The Morgan fingerprint density at radius 2 is 2.15 bits per heavy atom. The molecule has 0 bridgehead atoms. The van der Waals surface area contributed by atoms with Crippen molar-refractivity contribution in [3.05, 3.63) is 44.6 Å². The first-order chi connectivity index (χ1) is 12.9. The van der Waals surface area contributed by atoms with E-state index in [1.165, 1.54) is 0 Å². The Morgan fingerprint density at radius 1 is 1.33 bits per heavy atom. The number of amides is 1. The van der Waals surface area contributed by atoms with Crippen molar-refractivity contribution in [1.82, 2.24) is 4.31 Å². The molecule has 1 saturated heterocycles. The van der Waals surface area contributed by atoms with Gasteiger partial charge in [0.1, 0.15) is 4.90 Å². The van der Waals surface area contributed by atoms with Gasteiger partial charge in [-0.1, -0.05) is 28.9 Å². The van der Waals surface area contributed by atoms with Gasteiger partial charge in [-0.3, -0.25) is 4.79 Å². The average Bonchev–Trinajstić information content (AvgIpc) is 3.38. The highest BCUT2D eigenvalue weighted by Crippen LogP contribution is 2.43. The smallest absolute Gasteiger partial charge is 0.245 e. The average molecular weight is 469 g/mol. The summed E-state index contributed by atoms with van der Waals surface area (Å²) in [5, 5.41) is 1.98. The van der Waals surface area contributed by atoms with Crippen molar-refractivity contribution in [2.75, 3.05) is 18.0 Å². The number of benzene rings is 1. The molecule has 1 aromatic heterocycles. The maximum absolute atomic E-state index is 13.7. The maximum atomic E-state index is 13.7. The minimum Gasteiger partial charge on any atom is -0.310 e. The van der Waals surface area contributed by atoms with Gasteiger partial charge in [0.15, 0.2) is 0 Å². The minimum atomic E-state index is -3.72. The molecule has 4 rings (SSSR count). The number of hydrogen-bond donors (Lipinski definition) is 0. The maximum Gasteiger partial charge on any atom is 0.245 e. The van der Waals surface area contributed by atoms with Crippen LogP contribution in [0.5, 0.6) is 0 Å². The molecular weight excluding hydrogens is 448 g/mol. The van der Waals surface area contributed by atoms with Crippen LogP contribution in [0.4, 0.5) is 5.69 Å². The largest absolute Gasteiger partial charge is 0.310 e. The number of hydrogen-bond acceptors (Lipinski definition) is 4. The number of thiophene rings is 1. The fraction of sp³-hybridized carbons (Fsp3) is 0.421. The molecule has 5 nitrogen and oxygen atoms in total. The van der Waals surface area contributed by atoms with Crippen molar-refractivity contribution in [3.8, 4) is 0 Å². The first-order valence-electron chi connectivity index (χ1n) is 9.11. The predicted molar refractivity (Wildman–Crippen MR) is 111 cm³/mol. The van der Waals surface area contributed by atoms with Crippen LogP contribution in [0.1, 0.15) is 42.7 Å². The van der Waals surface area contributed by atoms with Crippen LogP contribution < -0.4 is 4.90 Å². The van der Waals surface area contributed by atoms with E-state index in [1.54, 1.807) is 33.5 Å². The van der Waals surface area contributed by atoms with Gasteiger partial charge in [-0.2, -0.15) is 4.31 Å². The molecule has 1 amide bonds. The predicted octanol–water partition coefficient (Wildman–Crippen LogP) is 4.34. The fourth-order valence-corrected chi connectivity index (χ4v) is 7.56. The van der Waals surface area contributed by atoms with Crippen LogP contribution in [0.25, 0.3) is 0 Å². The first kappa shape index (κ1) is 19.1. The lowest BCUT2D eigenvalue weighted by Gasteiger charge is -2.26. The lowest BCUT2D eigenvalue weighted by Crippen LogP contribution is -2.33. The van der Waals surface area contributed by atoms with Gasteiger partial charge in [-0.15, -0.1) is 11.3 Å². The summed E-state index contributed by atoms with van der Waals surface area (Å²) in [6, 6.07) is 7.42. The number of fused-ring (bicyclic) bond motifs is 1. The zero-order valence-corrected chi connectivity index (χ0v) is 18.2. The zero-order valence-electron chi connectivity index (χ0n) is 15.0. The summed E-state index contributed by atoms with van der Waals surface area (Å²) >= 11 is 5.05. The number of sulfonamides is 1. The summed E-state index contributed by atoms with van der Waals surface area (Å²) in [4.78, 5) is 15.4. The number of halogens is 1. The third-order valence-corrected chi connectivity index (χ3v) is 8.61. The molecule has 0 aliphatic carbocycles. The van der Waals surface area contributed by atoms with Gasteiger partial charge in [0.25, 0.3) is 0 Å². The fourth-order valence-electron chi connectivity index (χ4n) is 4.03. The third-order valence-electron chi connectivity index (χ3n) is 5.26. The summed E-state index contributed by atoms with van der Waals surface area (Å²) in [5.74, 6) is -0.0382. The number of anilines is 1. The first-order valence-corrected chi connectivity index (χ1v) is 12.2. The summed E-state index contributed by atoms with van der Waals surface area (Å²) in [6.07, 6.45) is 2.71. The molecule has 144 valence electrons. The van der Waals surface area contributed by atoms with Gasteiger partial charge in [-0.05, 0) is 48.4 Å². The minimum absolute atomic E-state index is 0.0382. The van der Waals surface area contributed by atoms with E-state index in [-0.39, 0.29) is 16.8 Å². The second-order valence-electron chi connectivity index (χ2n) is 6.85. The molecule has 2 aliphatic rings. The monoisotopic (exact) mass is 468 g/mol. The molecule has 0 spiro atoms. The van der Waals surface area contributed by atoms with Crippen LogP contribution in [0.15, 0.2) is 39.0 Å². The topological polar surface area (TPSA) is 57.7 Å². The van der Waals surface area contributed by atoms with Crippen LogP contribution in [0, 0.1) is 0 Å². The molecule has 0 radical (unpaired) electrons. The molecule has 8 heteroatoms. The van der Waals surface area contributed by atoms with Gasteiger partial charge in [0.2, 0.25) is 15.9 Å². The van der Waals surface area contributed by atoms with Gasteiger partial charge in [0, 0.05) is 28.9 Å². The van der Waals surface area contributed by atoms with Crippen LogP contribution in [0.2, 0.25) is 0 Å². The van der Waals surface area contributed by atoms with Crippen molar-refractivity contribution in [2.24, 2.45) is 0 Å². The van der Waals surface area contributed by atoms with Crippen LogP contribution in [-0.2, 0) is 21.2 Å². The number of carbonyl (C=O) groups excluding carboxylic acids is 1. The van der Waals surface area contributed by atoms with Crippen molar-refractivity contribution in [3.63, 3.8) is 0 Å². The van der Waals surface area contributed by atoms with E-state index in [0.717, 1.165) is 27.8 Å². The second kappa shape index (κ2) is 7.31. The lowest BCUT2D eigenvalue weighted by molar-refractivity contribution is -0.118. The summed E-state index contributed by atoms with van der Waals surface area (Å²) < 4.78 is 29.7. The molecule has 1 aromatic carbocycles. The lowest BCUT2D eigenvalue weighted by atomic mass is 10.2. The summed E-state index contributed by atoms with van der Waals surface area (Å²) in [7, 11) is -3.72. The van der Waals surface area contributed by atoms with Crippen molar-refractivity contribution in [1.29, 1.82) is 0 Å². The van der Waals surface area contributed by atoms with Crippen LogP contribution >= 0.6 is 27.3 Å². The third kappa shape index (κ3) is 3.26. The van der Waals surface area contributed by atoms with E-state index in [2.05, 4.69) is 15.9 Å². The molecule has 27 heavy (non-hydrogen) atoms. The standard InChI is InChI=1S/C19H21BrN2O3S2/c1-2-18(23)21-9-7-13-11-14(20)12-17(19(13)21)27(24,25)22-8-3-5-15(22)16-6-4-10-26-16/h4,6,10-12,15H,2-3,5,7-9H2,1H3/t15-/m1/s1. The van der Waals surface area contributed by atoms with Gasteiger partial charge in [-0.25, -0.2) is 8.42 Å². The number of nitrogens with zero attached hydrogens (tertiary/aromatic N) is 2. The van der Waals surface area contributed by atoms with Gasteiger partial charge in [0.05, 0.1) is 11.7 Å². The highest BCUT2D eigenvalue weighted by atomic mass is 79.9. The van der Waals surface area contributed by atoms with E-state index in [9.17, 15) is 13.2 Å². The molecule has 3 heterocycles. The normalized spacial score (nSPS) is 20.2. The van der Waals surface area contributed by atoms with Gasteiger partial charge >= 0.3 is 0 Å². The summed E-state index contributed by atoms with van der Waals surface area (Å²) in [5.41, 5.74) is 1.48. The van der Waals surface area contributed by atoms with Crippen molar-refractivity contribution in [2.45, 2.75) is 43.5 Å². The Morgan fingerprint density at radius 3 is 2.85 bits per heavy atom. The Kier molecular flexibility index (Phi) is 5.18. The number of rotatable bonds is 4. The molecule has 2 aliphatic heterocycles. The molecule has 2 aromatic rings. The number of carbonyl (C=O) groups is 1. The Labute approximate surface area is 172 Å². The molecule has 0 unspecified atom stereocenters. The van der Waals surface area contributed by atoms with E-state index in [1.807, 2.05) is 23.6 Å². The van der Waals surface area contributed by atoms with E-state index in [0.29, 0.717) is 31.6 Å². The molecule has 1 atom stereocenters. The quantitative estimate of drug-likeness (QED) is 0.670.